The predicted octanol–water partition coefficient (Wildman–Crippen LogP) is 1.31. The number of anilines is 1. The van der Waals surface area contributed by atoms with Crippen LogP contribution in [0.15, 0.2) is 30.3 Å². The van der Waals surface area contributed by atoms with Crippen molar-refractivity contribution in [3.63, 3.8) is 0 Å². The van der Waals surface area contributed by atoms with Crippen molar-refractivity contribution in [1.82, 2.24) is 0 Å². The number of rotatable bonds is 6. The number of aliphatic carboxylic acids is 1. The quantitative estimate of drug-likeness (QED) is 0.761. The van der Waals surface area contributed by atoms with Crippen LogP contribution in [-0.2, 0) is 4.79 Å². The maximum absolute atomic E-state index is 10.6. The molecule has 0 radical (unpaired) electrons. The first-order chi connectivity index (χ1) is 7.65. The van der Waals surface area contributed by atoms with Crippen LogP contribution in [0.3, 0.4) is 0 Å². The normalized spacial score (nSPS) is 12.1. The van der Waals surface area contributed by atoms with Gasteiger partial charge in [-0.05, 0) is 25.5 Å². The monoisotopic (exact) mass is 222 g/mol. The number of para-hydroxylation sites is 1. The molecule has 1 atom stereocenters. The largest absolute Gasteiger partial charge is 0.480 e. The summed E-state index contributed by atoms with van der Waals surface area (Å²) in [5, 5.41) is 8.69. The maximum Gasteiger partial charge on any atom is 0.320 e. The maximum atomic E-state index is 10.6. The summed E-state index contributed by atoms with van der Waals surface area (Å²) in [5.41, 5.74) is 6.57. The SMILES string of the molecule is CCN(CC[C@H](N)C(=O)O)c1ccccc1. The Kier molecular flexibility index (Phi) is 4.79. The second kappa shape index (κ2) is 6.12. The zero-order valence-electron chi connectivity index (χ0n) is 9.47. The second-order valence-electron chi connectivity index (χ2n) is 3.65. The van der Waals surface area contributed by atoms with E-state index in [9.17, 15) is 4.79 Å². The van der Waals surface area contributed by atoms with Gasteiger partial charge in [-0.1, -0.05) is 18.2 Å². The van der Waals surface area contributed by atoms with E-state index in [0.29, 0.717) is 13.0 Å². The molecule has 0 heterocycles. The van der Waals surface area contributed by atoms with Crippen LogP contribution in [0.25, 0.3) is 0 Å². The highest BCUT2D eigenvalue weighted by Gasteiger charge is 2.13. The number of benzene rings is 1. The lowest BCUT2D eigenvalue weighted by Gasteiger charge is -2.23. The minimum atomic E-state index is -0.941. The van der Waals surface area contributed by atoms with Crippen LogP contribution in [-0.4, -0.2) is 30.2 Å². The second-order valence-corrected chi connectivity index (χ2v) is 3.65. The van der Waals surface area contributed by atoms with Crippen molar-refractivity contribution in [3.8, 4) is 0 Å². The average molecular weight is 222 g/mol. The van der Waals surface area contributed by atoms with Gasteiger partial charge in [-0.25, -0.2) is 0 Å². The Morgan fingerprint density at radius 2 is 2.06 bits per heavy atom. The van der Waals surface area contributed by atoms with Crippen molar-refractivity contribution in [1.29, 1.82) is 0 Å². The number of nitrogens with two attached hydrogens (primary N) is 1. The van der Waals surface area contributed by atoms with Gasteiger partial charge in [0.2, 0.25) is 0 Å². The standard InChI is InChI=1S/C12H18N2O2/c1-2-14(9-8-11(13)12(15)16)10-6-4-3-5-7-10/h3-7,11H,2,8-9,13H2,1H3,(H,15,16)/t11-/m0/s1. The van der Waals surface area contributed by atoms with E-state index in [0.717, 1.165) is 12.2 Å². The zero-order chi connectivity index (χ0) is 12.0. The van der Waals surface area contributed by atoms with Crippen molar-refractivity contribution < 1.29 is 9.90 Å². The molecule has 0 fully saturated rings. The fourth-order valence-electron chi connectivity index (χ4n) is 1.53. The molecule has 88 valence electrons. The molecule has 1 rings (SSSR count). The fourth-order valence-corrected chi connectivity index (χ4v) is 1.53. The number of nitrogens with zero attached hydrogens (tertiary/aromatic N) is 1. The van der Waals surface area contributed by atoms with Gasteiger partial charge >= 0.3 is 5.97 Å². The van der Waals surface area contributed by atoms with E-state index in [-0.39, 0.29) is 0 Å². The van der Waals surface area contributed by atoms with Crippen LogP contribution in [0, 0.1) is 0 Å². The number of carboxylic acid groups (broad SMARTS) is 1. The van der Waals surface area contributed by atoms with E-state index < -0.39 is 12.0 Å². The third-order valence-electron chi connectivity index (χ3n) is 2.53. The predicted molar refractivity (Wildman–Crippen MR) is 64.6 cm³/mol. The van der Waals surface area contributed by atoms with Gasteiger partial charge in [0.05, 0.1) is 0 Å². The molecule has 4 heteroatoms. The fraction of sp³-hybridized carbons (Fsp3) is 0.417. The van der Waals surface area contributed by atoms with Crippen LogP contribution >= 0.6 is 0 Å². The third-order valence-corrected chi connectivity index (χ3v) is 2.53. The molecule has 3 N–H and O–H groups in total. The molecule has 4 nitrogen and oxygen atoms in total. The molecule has 1 aromatic carbocycles. The summed E-state index contributed by atoms with van der Waals surface area (Å²) in [7, 11) is 0. The van der Waals surface area contributed by atoms with Crippen LogP contribution in [0.5, 0.6) is 0 Å². The number of carbonyl (C=O) groups is 1. The van der Waals surface area contributed by atoms with E-state index in [2.05, 4.69) is 4.90 Å². The van der Waals surface area contributed by atoms with Crippen molar-refractivity contribution in [2.45, 2.75) is 19.4 Å². The van der Waals surface area contributed by atoms with Crippen LogP contribution in [0.1, 0.15) is 13.3 Å². The summed E-state index contributed by atoms with van der Waals surface area (Å²) in [5.74, 6) is -0.941. The summed E-state index contributed by atoms with van der Waals surface area (Å²) < 4.78 is 0. The van der Waals surface area contributed by atoms with Gasteiger partial charge in [0, 0.05) is 18.8 Å². The molecule has 0 spiro atoms. The Labute approximate surface area is 95.7 Å². The number of carboxylic acids is 1. The van der Waals surface area contributed by atoms with Crippen molar-refractivity contribution >= 4 is 11.7 Å². The van der Waals surface area contributed by atoms with Crippen molar-refractivity contribution in [2.24, 2.45) is 5.73 Å². The summed E-state index contributed by atoms with van der Waals surface area (Å²) >= 11 is 0. The van der Waals surface area contributed by atoms with Crippen LogP contribution in [0.4, 0.5) is 5.69 Å². The van der Waals surface area contributed by atoms with Gasteiger partial charge in [-0.3, -0.25) is 4.79 Å². The van der Waals surface area contributed by atoms with E-state index in [1.165, 1.54) is 0 Å². The lowest BCUT2D eigenvalue weighted by molar-refractivity contribution is -0.138. The first-order valence-corrected chi connectivity index (χ1v) is 5.43. The number of hydrogen-bond donors (Lipinski definition) is 2. The molecule has 16 heavy (non-hydrogen) atoms. The van der Waals surface area contributed by atoms with Crippen molar-refractivity contribution in [3.05, 3.63) is 30.3 Å². The molecule has 0 aliphatic rings. The van der Waals surface area contributed by atoms with E-state index in [1.54, 1.807) is 0 Å². The van der Waals surface area contributed by atoms with Gasteiger partial charge in [0.25, 0.3) is 0 Å². The first kappa shape index (κ1) is 12.5. The van der Waals surface area contributed by atoms with Crippen LogP contribution < -0.4 is 10.6 Å². The Balaban J connectivity index is 2.53. The molecule has 1 aromatic rings. The lowest BCUT2D eigenvalue weighted by Crippen LogP contribution is -2.35. The van der Waals surface area contributed by atoms with Gasteiger partial charge in [0.15, 0.2) is 0 Å². The Bertz CT molecular complexity index is 327. The molecular formula is C12H18N2O2. The highest BCUT2D eigenvalue weighted by Crippen LogP contribution is 2.13. The highest BCUT2D eigenvalue weighted by atomic mass is 16.4. The molecule has 0 saturated heterocycles. The molecule has 0 saturated carbocycles. The smallest absolute Gasteiger partial charge is 0.320 e. The molecular weight excluding hydrogens is 204 g/mol. The van der Waals surface area contributed by atoms with E-state index in [1.807, 2.05) is 37.3 Å². The van der Waals surface area contributed by atoms with Gasteiger partial charge in [-0.2, -0.15) is 0 Å². The van der Waals surface area contributed by atoms with Gasteiger partial charge in [0.1, 0.15) is 6.04 Å². The summed E-state index contributed by atoms with van der Waals surface area (Å²) in [4.78, 5) is 12.7. The van der Waals surface area contributed by atoms with E-state index in [4.69, 9.17) is 10.8 Å². The van der Waals surface area contributed by atoms with Crippen LogP contribution in [0.2, 0.25) is 0 Å². The Morgan fingerprint density at radius 1 is 1.44 bits per heavy atom. The molecule has 0 aliphatic carbocycles. The van der Waals surface area contributed by atoms with Crippen molar-refractivity contribution in [2.75, 3.05) is 18.0 Å². The summed E-state index contributed by atoms with van der Waals surface area (Å²) in [6.45, 7) is 3.55. The Morgan fingerprint density at radius 3 is 2.56 bits per heavy atom. The topological polar surface area (TPSA) is 66.6 Å². The van der Waals surface area contributed by atoms with Gasteiger partial charge in [-0.15, -0.1) is 0 Å². The lowest BCUT2D eigenvalue weighted by atomic mass is 10.2. The third kappa shape index (κ3) is 3.55. The molecule has 0 unspecified atom stereocenters. The average Bonchev–Trinajstić information content (AvgIpc) is 2.30. The minimum absolute atomic E-state index is 0.456. The summed E-state index contributed by atoms with van der Waals surface area (Å²) in [6.07, 6.45) is 0.456. The highest BCUT2D eigenvalue weighted by molar-refractivity contribution is 5.73. The molecule has 0 aliphatic heterocycles. The molecule has 0 bridgehead atoms. The van der Waals surface area contributed by atoms with Gasteiger partial charge < -0.3 is 15.7 Å². The molecule has 0 aromatic heterocycles. The zero-order valence-corrected chi connectivity index (χ0v) is 9.47. The number of hydrogen-bond acceptors (Lipinski definition) is 3. The summed E-state index contributed by atoms with van der Waals surface area (Å²) in [6, 6.07) is 9.13. The first-order valence-electron chi connectivity index (χ1n) is 5.43. The molecule has 0 amide bonds. The van der Waals surface area contributed by atoms with E-state index >= 15 is 0 Å². The minimum Gasteiger partial charge on any atom is -0.480 e. The Hall–Kier alpha value is -1.55.